The molecular formula is C27H30NO6P. The summed E-state index contributed by atoms with van der Waals surface area (Å²) in [6.07, 6.45) is -0.720. The number of carbonyl (C=O) groups excluding carboxylic acids is 2. The van der Waals surface area contributed by atoms with Crippen LogP contribution in [0.4, 0.5) is 0 Å². The van der Waals surface area contributed by atoms with Crippen LogP contribution in [-0.4, -0.2) is 45.3 Å². The zero-order chi connectivity index (χ0) is 25.3. The van der Waals surface area contributed by atoms with Crippen LogP contribution in [0.2, 0.25) is 0 Å². The number of hydrogen-bond acceptors (Lipinski definition) is 7. The molecule has 3 aromatic rings. The van der Waals surface area contributed by atoms with E-state index in [1.807, 2.05) is 91.0 Å². The molecule has 0 aliphatic rings. The van der Waals surface area contributed by atoms with Crippen LogP contribution in [0.25, 0.3) is 0 Å². The lowest BCUT2D eigenvalue weighted by atomic mass is 9.76. The highest BCUT2D eigenvalue weighted by Gasteiger charge is 2.41. The summed E-state index contributed by atoms with van der Waals surface area (Å²) < 4.78 is 27.4. The van der Waals surface area contributed by atoms with Crippen molar-refractivity contribution in [3.8, 4) is 0 Å². The lowest BCUT2D eigenvalue weighted by Gasteiger charge is -2.39. The molecule has 3 aromatic carbocycles. The van der Waals surface area contributed by atoms with Crippen molar-refractivity contribution < 1.29 is 27.9 Å². The second-order valence-corrected chi connectivity index (χ2v) is 10.2. The van der Waals surface area contributed by atoms with Gasteiger partial charge < -0.3 is 13.8 Å². The Balaban J connectivity index is 2.14. The number of carbonyl (C=O) groups is 2. The number of nitrogens with one attached hydrogen (secondary N) is 1. The minimum atomic E-state index is -3.59. The van der Waals surface area contributed by atoms with Crippen LogP contribution in [0.1, 0.15) is 23.1 Å². The van der Waals surface area contributed by atoms with E-state index in [2.05, 4.69) is 5.32 Å². The van der Waals surface area contributed by atoms with Gasteiger partial charge in [0, 0.05) is 20.6 Å². The molecule has 0 spiro atoms. The Bertz CT molecular complexity index is 1050. The Morgan fingerprint density at radius 3 is 1.51 bits per heavy atom. The fraction of sp³-hybridized carbons (Fsp3) is 0.259. The number of methoxy groups -OCH3 is 1. The summed E-state index contributed by atoms with van der Waals surface area (Å²) in [6.45, 7) is 0. The maximum atomic E-state index is 13.0. The molecule has 3 rings (SSSR count). The molecule has 7 nitrogen and oxygen atoms in total. The van der Waals surface area contributed by atoms with Crippen LogP contribution >= 0.6 is 7.60 Å². The Kier molecular flexibility index (Phi) is 9.13. The molecule has 1 atom stereocenters. The van der Waals surface area contributed by atoms with E-state index in [1.165, 1.54) is 21.3 Å². The van der Waals surface area contributed by atoms with Gasteiger partial charge in [-0.25, -0.2) is 0 Å². The standard InChI is InChI=1S/C27H30NO6P/c1-32-26(30)25(19-24(29)20-35(31,33-2)34-3)28-27(21-13-7-4-8-14-21,22-15-9-5-10-16-22)23-17-11-6-12-18-23/h4-18,25,28H,19-20H2,1-3H3. The number of rotatable bonds is 12. The SMILES string of the molecule is COC(=O)C(CC(=O)CP(=O)(OC)OC)NC(c1ccccc1)(c1ccccc1)c1ccccc1. The number of esters is 1. The molecule has 184 valence electrons. The topological polar surface area (TPSA) is 90.9 Å². The molecule has 0 bridgehead atoms. The first-order chi connectivity index (χ1) is 16.9. The lowest BCUT2D eigenvalue weighted by molar-refractivity contribution is -0.145. The summed E-state index contributed by atoms with van der Waals surface area (Å²) in [5.74, 6) is -1.07. The minimum Gasteiger partial charge on any atom is -0.468 e. The number of Topliss-reactive ketones (excluding diaryl/α,β-unsaturated/α-hetero) is 1. The molecule has 1 unspecified atom stereocenters. The van der Waals surface area contributed by atoms with Crippen molar-refractivity contribution in [1.29, 1.82) is 0 Å². The molecular weight excluding hydrogens is 465 g/mol. The summed E-state index contributed by atoms with van der Waals surface area (Å²) in [5.41, 5.74) is 1.63. The van der Waals surface area contributed by atoms with E-state index in [-0.39, 0.29) is 6.42 Å². The Morgan fingerprint density at radius 1 is 0.771 bits per heavy atom. The molecule has 0 amide bonds. The van der Waals surface area contributed by atoms with Gasteiger partial charge in [0.2, 0.25) is 0 Å². The van der Waals surface area contributed by atoms with Crippen molar-refractivity contribution in [3.05, 3.63) is 108 Å². The summed E-state index contributed by atoms with van der Waals surface area (Å²) in [7, 11) is 0.125. The normalized spacial score (nSPS) is 12.7. The van der Waals surface area contributed by atoms with Crippen molar-refractivity contribution >= 4 is 19.3 Å². The van der Waals surface area contributed by atoms with E-state index < -0.39 is 37.1 Å². The second-order valence-electron chi connectivity index (χ2n) is 7.95. The summed E-state index contributed by atoms with van der Waals surface area (Å²) >= 11 is 0. The number of benzene rings is 3. The first-order valence-corrected chi connectivity index (χ1v) is 12.9. The van der Waals surface area contributed by atoms with Gasteiger partial charge >= 0.3 is 13.6 Å². The predicted molar refractivity (Wildman–Crippen MR) is 134 cm³/mol. The third-order valence-electron chi connectivity index (χ3n) is 5.85. The summed E-state index contributed by atoms with van der Waals surface area (Å²) in [5, 5.41) is 3.45. The number of ether oxygens (including phenoxy) is 1. The van der Waals surface area contributed by atoms with Crippen LogP contribution in [0.3, 0.4) is 0 Å². The highest BCUT2D eigenvalue weighted by molar-refractivity contribution is 7.54. The van der Waals surface area contributed by atoms with Crippen LogP contribution < -0.4 is 5.32 Å². The molecule has 1 N–H and O–H groups in total. The van der Waals surface area contributed by atoms with Crippen molar-refractivity contribution in [3.63, 3.8) is 0 Å². The first kappa shape index (κ1) is 26.5. The van der Waals surface area contributed by atoms with E-state index >= 15 is 0 Å². The van der Waals surface area contributed by atoms with Gasteiger partial charge in [-0.05, 0) is 16.7 Å². The van der Waals surface area contributed by atoms with Gasteiger partial charge in [0.05, 0.1) is 12.6 Å². The zero-order valence-corrected chi connectivity index (χ0v) is 20.9. The van der Waals surface area contributed by atoms with Crippen molar-refractivity contribution in [2.45, 2.75) is 18.0 Å². The van der Waals surface area contributed by atoms with Gasteiger partial charge in [0.25, 0.3) is 0 Å². The van der Waals surface area contributed by atoms with Gasteiger partial charge in [-0.15, -0.1) is 0 Å². The average molecular weight is 496 g/mol. The molecule has 0 aliphatic carbocycles. The fourth-order valence-corrected chi connectivity index (χ4v) is 5.09. The summed E-state index contributed by atoms with van der Waals surface area (Å²) in [4.78, 5) is 25.9. The van der Waals surface area contributed by atoms with Gasteiger partial charge in [0.1, 0.15) is 18.0 Å². The highest BCUT2D eigenvalue weighted by atomic mass is 31.2. The predicted octanol–water partition coefficient (Wildman–Crippen LogP) is 4.55. The molecule has 0 aliphatic heterocycles. The zero-order valence-electron chi connectivity index (χ0n) is 20.0. The van der Waals surface area contributed by atoms with Crippen molar-refractivity contribution in [2.24, 2.45) is 0 Å². The molecule has 0 aromatic heterocycles. The number of hydrogen-bond donors (Lipinski definition) is 1. The fourth-order valence-electron chi connectivity index (χ4n) is 4.12. The molecule has 0 heterocycles. The molecule has 35 heavy (non-hydrogen) atoms. The maximum absolute atomic E-state index is 13.0. The van der Waals surface area contributed by atoms with Gasteiger partial charge in [-0.1, -0.05) is 91.0 Å². The van der Waals surface area contributed by atoms with Crippen molar-refractivity contribution in [1.82, 2.24) is 5.32 Å². The molecule has 0 saturated carbocycles. The molecule has 0 fully saturated rings. The van der Waals surface area contributed by atoms with E-state index in [4.69, 9.17) is 13.8 Å². The largest absolute Gasteiger partial charge is 0.468 e. The van der Waals surface area contributed by atoms with E-state index in [0.29, 0.717) is 0 Å². The van der Waals surface area contributed by atoms with Crippen LogP contribution in [0, 0.1) is 0 Å². The monoisotopic (exact) mass is 495 g/mol. The molecule has 0 radical (unpaired) electrons. The van der Waals surface area contributed by atoms with Crippen LogP contribution in [0.15, 0.2) is 91.0 Å². The lowest BCUT2D eigenvalue weighted by Crippen LogP contribution is -2.53. The Labute approximate surface area is 206 Å². The minimum absolute atomic E-state index is 0.266. The van der Waals surface area contributed by atoms with Gasteiger partial charge in [-0.2, -0.15) is 0 Å². The van der Waals surface area contributed by atoms with Gasteiger partial charge in [0.15, 0.2) is 0 Å². The Hall–Kier alpha value is -3.09. The Morgan fingerprint density at radius 2 is 1.17 bits per heavy atom. The van der Waals surface area contributed by atoms with Crippen LogP contribution in [0.5, 0.6) is 0 Å². The molecule has 8 heteroatoms. The quantitative estimate of drug-likeness (QED) is 0.224. The van der Waals surface area contributed by atoms with Crippen LogP contribution in [-0.2, 0) is 33.5 Å². The van der Waals surface area contributed by atoms with E-state index in [1.54, 1.807) is 0 Å². The van der Waals surface area contributed by atoms with E-state index in [0.717, 1.165) is 16.7 Å². The molecule has 0 saturated heterocycles. The average Bonchev–Trinajstić information content (AvgIpc) is 2.92. The first-order valence-electron chi connectivity index (χ1n) is 11.1. The third-order valence-corrected chi connectivity index (χ3v) is 7.71. The third kappa shape index (κ3) is 6.13. The second kappa shape index (κ2) is 12.0. The van der Waals surface area contributed by atoms with E-state index in [9.17, 15) is 14.2 Å². The number of ketones is 1. The smallest absolute Gasteiger partial charge is 0.337 e. The highest BCUT2D eigenvalue weighted by Crippen LogP contribution is 2.46. The maximum Gasteiger partial charge on any atom is 0.337 e. The van der Waals surface area contributed by atoms with Crippen molar-refractivity contribution in [2.75, 3.05) is 27.5 Å². The van der Waals surface area contributed by atoms with Gasteiger partial charge in [-0.3, -0.25) is 19.5 Å². The summed E-state index contributed by atoms with van der Waals surface area (Å²) in [6, 6.07) is 28.0.